The van der Waals surface area contributed by atoms with Gasteiger partial charge in [0.2, 0.25) is 5.91 Å². The first kappa shape index (κ1) is 15.2. The highest BCUT2D eigenvalue weighted by molar-refractivity contribution is 5.95. The van der Waals surface area contributed by atoms with Gasteiger partial charge < -0.3 is 9.47 Å². The molecular weight excluding hydrogens is 368 g/mol. The largest absolute Gasteiger partial charge is 0.447 e. The second kappa shape index (κ2) is 6.98. The smallest absolute Gasteiger partial charge is 0.416 e. The van der Waals surface area contributed by atoms with Crippen molar-refractivity contribution in [3.63, 3.8) is 0 Å². The molecule has 2 aliphatic rings. The van der Waals surface area contributed by atoms with E-state index in [-0.39, 0.29) is 25.2 Å². The number of epoxide rings is 1. The number of benzene rings is 2. The number of hydrogen-bond donors (Lipinski definition) is 0. The van der Waals surface area contributed by atoms with Crippen molar-refractivity contribution in [2.75, 3.05) is 13.2 Å². The molecule has 2 aliphatic heterocycles. The Bertz CT molecular complexity index is 1010. The van der Waals surface area contributed by atoms with Gasteiger partial charge in [0.1, 0.15) is 23.8 Å². The molecule has 3 atom stereocenters. The van der Waals surface area contributed by atoms with E-state index in [9.17, 15) is 18.4 Å². The number of cyclic esters (lactones) is 1. The molecule has 0 radical (unpaired) electrons. The summed E-state index contributed by atoms with van der Waals surface area (Å²) in [6.45, 7) is -3.27. The standard InChI is InChI=1S/C21H19F2NO4/c1-13(21(12-28-21)17-8-7-15(22)10-18(17)23)19(25)24-16(11-27-20(24)26)9-14-5-3-2-4-6-14/h2-8,10,13,16H,9,11-12H2,1H3/t13-,16+,21-/m1/s1/i1D3. The fraction of sp³-hybridized carbons (Fsp3) is 0.333. The summed E-state index contributed by atoms with van der Waals surface area (Å²) >= 11 is 0. The number of nitrogens with zero attached hydrogens (tertiary/aromatic N) is 1. The molecule has 0 aliphatic carbocycles. The molecule has 7 heteroatoms. The Labute approximate surface area is 165 Å². The zero-order chi connectivity index (χ0) is 22.4. The van der Waals surface area contributed by atoms with Crippen molar-refractivity contribution in [2.24, 2.45) is 5.92 Å². The van der Waals surface area contributed by atoms with Crippen molar-refractivity contribution >= 4 is 12.0 Å². The number of amides is 2. The van der Waals surface area contributed by atoms with E-state index in [2.05, 4.69) is 0 Å². The van der Waals surface area contributed by atoms with E-state index in [0.29, 0.717) is 6.07 Å². The van der Waals surface area contributed by atoms with Crippen LogP contribution in [0.4, 0.5) is 13.6 Å². The average molecular weight is 390 g/mol. The maximum absolute atomic E-state index is 14.5. The van der Waals surface area contributed by atoms with Crippen molar-refractivity contribution in [2.45, 2.75) is 24.9 Å². The summed E-state index contributed by atoms with van der Waals surface area (Å²) < 4.78 is 62.1. The summed E-state index contributed by atoms with van der Waals surface area (Å²) in [6.07, 6.45) is -0.694. The van der Waals surface area contributed by atoms with Gasteiger partial charge in [0, 0.05) is 15.7 Å². The third-order valence-corrected chi connectivity index (χ3v) is 5.07. The Hall–Kier alpha value is -2.80. The lowest BCUT2D eigenvalue weighted by Gasteiger charge is -2.26. The van der Waals surface area contributed by atoms with Crippen LogP contribution in [0, 0.1) is 17.6 Å². The summed E-state index contributed by atoms with van der Waals surface area (Å²) in [5, 5.41) is 0. The van der Waals surface area contributed by atoms with E-state index in [1.165, 1.54) is 0 Å². The Morgan fingerprint density at radius 2 is 2.07 bits per heavy atom. The molecule has 0 unspecified atom stereocenters. The van der Waals surface area contributed by atoms with E-state index in [0.717, 1.165) is 22.6 Å². The van der Waals surface area contributed by atoms with Crippen LogP contribution in [-0.4, -0.2) is 36.2 Å². The Morgan fingerprint density at radius 1 is 1.32 bits per heavy atom. The Morgan fingerprint density at radius 3 is 2.71 bits per heavy atom. The lowest BCUT2D eigenvalue weighted by molar-refractivity contribution is -0.135. The van der Waals surface area contributed by atoms with Crippen molar-refractivity contribution in [1.82, 2.24) is 4.90 Å². The van der Waals surface area contributed by atoms with Crippen LogP contribution in [0.2, 0.25) is 0 Å². The van der Waals surface area contributed by atoms with Gasteiger partial charge in [-0.15, -0.1) is 0 Å². The van der Waals surface area contributed by atoms with Crippen LogP contribution in [0.1, 0.15) is 22.1 Å². The zero-order valence-corrected chi connectivity index (χ0v) is 14.7. The number of ether oxygens (including phenoxy) is 2. The fourth-order valence-electron chi connectivity index (χ4n) is 3.49. The molecule has 5 nitrogen and oxygen atoms in total. The van der Waals surface area contributed by atoms with E-state index < -0.39 is 48.0 Å². The predicted molar refractivity (Wildman–Crippen MR) is 95.3 cm³/mol. The molecular formula is C21H19F2NO4. The van der Waals surface area contributed by atoms with Crippen LogP contribution >= 0.6 is 0 Å². The predicted octanol–water partition coefficient (Wildman–Crippen LogP) is 3.42. The highest BCUT2D eigenvalue weighted by Gasteiger charge is 2.57. The molecule has 0 saturated carbocycles. The van der Waals surface area contributed by atoms with Gasteiger partial charge in [-0.2, -0.15) is 0 Å². The average Bonchev–Trinajstić information content (AvgIpc) is 3.37. The normalized spacial score (nSPS) is 26.8. The van der Waals surface area contributed by atoms with Gasteiger partial charge in [0.25, 0.3) is 0 Å². The minimum absolute atomic E-state index is 0.0913. The molecule has 2 saturated heterocycles. The van der Waals surface area contributed by atoms with E-state index >= 15 is 0 Å². The van der Waals surface area contributed by atoms with Gasteiger partial charge in [0.15, 0.2) is 0 Å². The second-order valence-electron chi connectivity index (χ2n) is 6.86. The van der Waals surface area contributed by atoms with Crippen LogP contribution in [0.15, 0.2) is 48.5 Å². The third kappa shape index (κ3) is 3.16. The van der Waals surface area contributed by atoms with Gasteiger partial charge >= 0.3 is 6.09 Å². The maximum Gasteiger partial charge on any atom is 0.416 e. The molecule has 4 rings (SSSR count). The number of hydrogen-bond acceptors (Lipinski definition) is 4. The SMILES string of the molecule is [2H]C([2H])([2H])[C@H](C(=O)N1C(=O)OC[C@@H]1Cc1ccccc1)[C@@]1(c2ccc(F)cc2F)CO1. The second-order valence-corrected chi connectivity index (χ2v) is 6.86. The van der Waals surface area contributed by atoms with Crippen molar-refractivity contribution < 1.29 is 32.0 Å². The van der Waals surface area contributed by atoms with Crippen molar-refractivity contribution in [3.05, 3.63) is 71.3 Å². The summed E-state index contributed by atoms with van der Waals surface area (Å²) in [6, 6.07) is 10.9. The topological polar surface area (TPSA) is 59.1 Å². The van der Waals surface area contributed by atoms with Crippen LogP contribution in [0.3, 0.4) is 0 Å². The quantitative estimate of drug-likeness (QED) is 0.734. The molecule has 2 heterocycles. The molecule has 146 valence electrons. The molecule has 0 bridgehead atoms. The van der Waals surface area contributed by atoms with Crippen LogP contribution in [0.5, 0.6) is 0 Å². The van der Waals surface area contributed by atoms with Gasteiger partial charge in [-0.05, 0) is 18.1 Å². The van der Waals surface area contributed by atoms with E-state index in [1.807, 2.05) is 18.2 Å². The molecule has 0 aromatic heterocycles. The lowest BCUT2D eigenvalue weighted by Crippen LogP contribution is -2.46. The molecule has 0 N–H and O–H groups in total. The van der Waals surface area contributed by atoms with Crippen LogP contribution < -0.4 is 0 Å². The van der Waals surface area contributed by atoms with Gasteiger partial charge in [-0.3, -0.25) is 4.79 Å². The van der Waals surface area contributed by atoms with Crippen molar-refractivity contribution in [1.29, 1.82) is 0 Å². The number of carbonyl (C=O) groups excluding carboxylic acids is 2. The summed E-state index contributed by atoms with van der Waals surface area (Å²) in [5.74, 6) is -4.78. The number of rotatable bonds is 5. The minimum Gasteiger partial charge on any atom is -0.447 e. The maximum atomic E-state index is 14.5. The van der Waals surface area contributed by atoms with Crippen molar-refractivity contribution in [3.8, 4) is 0 Å². The molecule has 2 aromatic carbocycles. The van der Waals surface area contributed by atoms with Gasteiger partial charge in [0.05, 0.1) is 18.6 Å². The Kier molecular flexibility index (Phi) is 3.78. The first-order valence-electron chi connectivity index (χ1n) is 10.3. The van der Waals surface area contributed by atoms with Crippen LogP contribution in [0.25, 0.3) is 0 Å². The lowest BCUT2D eigenvalue weighted by atomic mass is 9.85. The summed E-state index contributed by atoms with van der Waals surface area (Å²) in [5.41, 5.74) is -1.23. The van der Waals surface area contributed by atoms with E-state index in [4.69, 9.17) is 13.6 Å². The fourth-order valence-corrected chi connectivity index (χ4v) is 3.49. The van der Waals surface area contributed by atoms with Crippen LogP contribution in [-0.2, 0) is 26.3 Å². The summed E-state index contributed by atoms with van der Waals surface area (Å²) in [4.78, 5) is 26.6. The number of halogens is 2. The Balaban J connectivity index is 1.69. The minimum atomic E-state index is -2.92. The number of carbonyl (C=O) groups is 2. The molecule has 2 amide bonds. The molecule has 28 heavy (non-hydrogen) atoms. The highest BCUT2D eigenvalue weighted by Crippen LogP contribution is 2.47. The highest BCUT2D eigenvalue weighted by atomic mass is 19.1. The molecule has 0 spiro atoms. The van der Waals surface area contributed by atoms with E-state index in [1.54, 1.807) is 12.1 Å². The zero-order valence-electron chi connectivity index (χ0n) is 17.7. The first-order valence-corrected chi connectivity index (χ1v) is 8.77. The molecule has 2 aromatic rings. The number of imide groups is 1. The van der Waals surface area contributed by atoms with Gasteiger partial charge in [-0.1, -0.05) is 43.3 Å². The third-order valence-electron chi connectivity index (χ3n) is 5.07. The first-order chi connectivity index (χ1) is 14.6. The molecule has 2 fully saturated rings. The summed E-state index contributed by atoms with van der Waals surface area (Å²) in [7, 11) is 0. The monoisotopic (exact) mass is 390 g/mol. The van der Waals surface area contributed by atoms with Gasteiger partial charge in [-0.25, -0.2) is 18.5 Å².